The molecule has 0 N–H and O–H groups in total. The molecule has 0 aliphatic carbocycles. The van der Waals surface area contributed by atoms with Crippen molar-refractivity contribution >= 4 is 5.78 Å². The maximum absolute atomic E-state index is 13.1. The summed E-state index contributed by atoms with van der Waals surface area (Å²) in [6, 6.07) is 2.60. The lowest BCUT2D eigenvalue weighted by molar-refractivity contribution is -0.143. The highest BCUT2D eigenvalue weighted by Crippen LogP contribution is 2.22. The van der Waals surface area contributed by atoms with Gasteiger partial charge in [-0.25, -0.2) is 8.78 Å². The van der Waals surface area contributed by atoms with Crippen LogP contribution in [0.4, 0.5) is 22.0 Å². The van der Waals surface area contributed by atoms with Crippen molar-refractivity contribution in [3.05, 3.63) is 35.4 Å². The first kappa shape index (κ1) is 13.6. The Bertz CT molecular complexity index is 411. The number of carbonyl (C=O) groups excluding carboxylic acids is 1. The van der Waals surface area contributed by atoms with E-state index in [-0.39, 0.29) is 5.56 Å². The smallest absolute Gasteiger partial charge is 0.299 e. The lowest BCUT2D eigenvalue weighted by Gasteiger charge is -2.06. The molecule has 0 spiro atoms. The van der Waals surface area contributed by atoms with Crippen LogP contribution in [0.1, 0.15) is 18.4 Å². The van der Waals surface area contributed by atoms with Crippen molar-refractivity contribution in [3.63, 3.8) is 0 Å². The molecular formula is C11H9F5O. The Hall–Kier alpha value is -1.46. The van der Waals surface area contributed by atoms with Crippen molar-refractivity contribution in [2.75, 3.05) is 0 Å². The zero-order valence-electron chi connectivity index (χ0n) is 8.65. The second-order valence-electron chi connectivity index (χ2n) is 3.57. The van der Waals surface area contributed by atoms with Crippen molar-refractivity contribution in [2.24, 2.45) is 0 Å². The molecule has 0 aromatic heterocycles. The van der Waals surface area contributed by atoms with E-state index in [1.165, 1.54) is 0 Å². The summed E-state index contributed by atoms with van der Waals surface area (Å²) in [5.74, 6) is -2.45. The maximum Gasteiger partial charge on any atom is 0.389 e. The van der Waals surface area contributed by atoms with Crippen molar-refractivity contribution in [2.45, 2.75) is 25.4 Å². The molecule has 94 valence electrons. The van der Waals surface area contributed by atoms with Crippen LogP contribution in [0, 0.1) is 11.6 Å². The highest BCUT2D eigenvalue weighted by Gasteiger charge is 2.27. The molecule has 17 heavy (non-hydrogen) atoms. The van der Waals surface area contributed by atoms with Crippen LogP contribution in [0.25, 0.3) is 0 Å². The third-order valence-electron chi connectivity index (χ3n) is 2.09. The van der Waals surface area contributed by atoms with Crippen LogP contribution >= 0.6 is 0 Å². The highest BCUT2D eigenvalue weighted by atomic mass is 19.4. The van der Waals surface area contributed by atoms with Crippen LogP contribution in [0.15, 0.2) is 18.2 Å². The molecule has 0 amide bonds. The average molecular weight is 252 g/mol. The van der Waals surface area contributed by atoms with Crippen molar-refractivity contribution < 1.29 is 26.7 Å². The fourth-order valence-corrected chi connectivity index (χ4v) is 1.25. The first-order valence-electron chi connectivity index (χ1n) is 4.80. The lowest BCUT2D eigenvalue weighted by atomic mass is 10.1. The van der Waals surface area contributed by atoms with Gasteiger partial charge in [0.25, 0.3) is 0 Å². The minimum absolute atomic E-state index is 0.0985. The topological polar surface area (TPSA) is 17.1 Å². The molecule has 0 saturated carbocycles. The number of halogens is 5. The molecule has 1 aromatic carbocycles. The van der Waals surface area contributed by atoms with E-state index >= 15 is 0 Å². The first-order chi connectivity index (χ1) is 7.78. The monoisotopic (exact) mass is 252 g/mol. The van der Waals surface area contributed by atoms with Gasteiger partial charge in [-0.05, 0) is 11.6 Å². The molecule has 0 heterocycles. The van der Waals surface area contributed by atoms with E-state index in [9.17, 15) is 26.7 Å². The van der Waals surface area contributed by atoms with Gasteiger partial charge in [0, 0.05) is 18.9 Å². The Labute approximate surface area is 94.2 Å². The number of Topliss-reactive ketones (excluding diaryl/α,β-unsaturated/α-hetero) is 1. The number of rotatable bonds is 4. The molecule has 1 rings (SSSR count). The fourth-order valence-electron chi connectivity index (χ4n) is 1.25. The van der Waals surface area contributed by atoms with Crippen molar-refractivity contribution in [1.29, 1.82) is 0 Å². The standard InChI is InChI=1S/C11H9F5O/c12-8-2-1-7(10(13)6-8)5-9(17)3-4-11(14,15)16/h1-2,6H,3-5H2. The van der Waals surface area contributed by atoms with Crippen LogP contribution in [0.3, 0.4) is 0 Å². The first-order valence-corrected chi connectivity index (χ1v) is 4.80. The quantitative estimate of drug-likeness (QED) is 0.750. The third kappa shape index (κ3) is 4.93. The van der Waals surface area contributed by atoms with Gasteiger partial charge in [0.15, 0.2) is 0 Å². The summed E-state index contributed by atoms with van der Waals surface area (Å²) in [7, 11) is 0. The number of hydrogen-bond donors (Lipinski definition) is 0. The summed E-state index contributed by atoms with van der Waals surface area (Å²) in [4.78, 5) is 11.1. The largest absolute Gasteiger partial charge is 0.389 e. The van der Waals surface area contributed by atoms with Crippen LogP contribution in [0.5, 0.6) is 0 Å². The van der Waals surface area contributed by atoms with E-state index in [1.54, 1.807) is 0 Å². The van der Waals surface area contributed by atoms with E-state index in [1.807, 2.05) is 0 Å². The Morgan fingerprint density at radius 2 is 1.82 bits per heavy atom. The summed E-state index contributed by atoms with van der Waals surface area (Å²) in [6.45, 7) is 0. The SMILES string of the molecule is O=C(CCC(F)(F)F)Cc1ccc(F)cc1F. The van der Waals surface area contributed by atoms with Crippen molar-refractivity contribution in [3.8, 4) is 0 Å². The molecule has 0 unspecified atom stereocenters. The summed E-state index contributed by atoms with van der Waals surface area (Å²) in [5, 5.41) is 0. The highest BCUT2D eigenvalue weighted by molar-refractivity contribution is 5.80. The van der Waals surface area contributed by atoms with Crippen LogP contribution in [-0.4, -0.2) is 12.0 Å². The van der Waals surface area contributed by atoms with E-state index in [2.05, 4.69) is 0 Å². The van der Waals surface area contributed by atoms with E-state index in [0.717, 1.165) is 12.1 Å². The normalized spacial score (nSPS) is 11.6. The molecule has 0 atom stereocenters. The second-order valence-corrected chi connectivity index (χ2v) is 3.57. The number of carbonyl (C=O) groups is 1. The second kappa shape index (κ2) is 5.25. The maximum atomic E-state index is 13.1. The Kier molecular flexibility index (Phi) is 4.20. The van der Waals surface area contributed by atoms with E-state index < -0.39 is 42.9 Å². The number of ketones is 1. The Morgan fingerprint density at radius 3 is 2.35 bits per heavy atom. The minimum atomic E-state index is -4.41. The predicted molar refractivity (Wildman–Crippen MR) is 50.4 cm³/mol. The van der Waals surface area contributed by atoms with Crippen molar-refractivity contribution in [1.82, 2.24) is 0 Å². The number of benzene rings is 1. The third-order valence-corrected chi connectivity index (χ3v) is 2.09. The molecule has 0 radical (unpaired) electrons. The van der Waals surface area contributed by atoms with Crippen LogP contribution in [-0.2, 0) is 11.2 Å². The molecule has 0 bridgehead atoms. The van der Waals surface area contributed by atoms with Crippen LogP contribution < -0.4 is 0 Å². The van der Waals surface area contributed by atoms with Gasteiger partial charge in [0.2, 0.25) is 0 Å². The summed E-state index contributed by atoms with van der Waals surface area (Å²) in [6.07, 6.45) is -6.78. The lowest BCUT2D eigenvalue weighted by Crippen LogP contribution is -2.12. The summed E-state index contributed by atoms with van der Waals surface area (Å²) < 4.78 is 61.0. The van der Waals surface area contributed by atoms with Crippen LogP contribution in [0.2, 0.25) is 0 Å². The van der Waals surface area contributed by atoms with Gasteiger partial charge >= 0.3 is 6.18 Å². The molecule has 6 heteroatoms. The zero-order valence-corrected chi connectivity index (χ0v) is 8.65. The minimum Gasteiger partial charge on any atom is -0.299 e. The summed E-state index contributed by atoms with van der Waals surface area (Å²) in [5.41, 5.74) is -0.0985. The number of hydrogen-bond acceptors (Lipinski definition) is 1. The van der Waals surface area contributed by atoms with Gasteiger partial charge in [0.1, 0.15) is 17.4 Å². The predicted octanol–water partition coefficient (Wildman–Crippen LogP) is 3.42. The van der Waals surface area contributed by atoms with Gasteiger partial charge < -0.3 is 0 Å². The molecule has 0 saturated heterocycles. The molecule has 1 nitrogen and oxygen atoms in total. The molecule has 1 aromatic rings. The van der Waals surface area contributed by atoms with Gasteiger partial charge in [-0.15, -0.1) is 0 Å². The van der Waals surface area contributed by atoms with Gasteiger partial charge in [-0.2, -0.15) is 13.2 Å². The molecule has 0 aliphatic heterocycles. The summed E-state index contributed by atoms with van der Waals surface area (Å²) >= 11 is 0. The molecule has 0 aliphatic rings. The van der Waals surface area contributed by atoms with Gasteiger partial charge in [-0.1, -0.05) is 6.07 Å². The fraction of sp³-hybridized carbons (Fsp3) is 0.364. The molecular weight excluding hydrogens is 243 g/mol. The Morgan fingerprint density at radius 1 is 1.18 bits per heavy atom. The number of alkyl halides is 3. The van der Waals surface area contributed by atoms with E-state index in [4.69, 9.17) is 0 Å². The average Bonchev–Trinajstić information content (AvgIpc) is 2.18. The van der Waals surface area contributed by atoms with Gasteiger partial charge in [-0.3, -0.25) is 4.79 Å². The zero-order chi connectivity index (χ0) is 13.1. The molecule has 0 fully saturated rings. The van der Waals surface area contributed by atoms with Gasteiger partial charge in [0.05, 0.1) is 6.42 Å². The van der Waals surface area contributed by atoms with E-state index in [0.29, 0.717) is 6.07 Å². The Balaban J connectivity index is 2.57.